The molecule has 0 aliphatic heterocycles. The smallest absolute Gasteiger partial charge is 0.314 e. The Balaban J connectivity index is 1.90. The van der Waals surface area contributed by atoms with E-state index in [4.69, 9.17) is 5.11 Å². The highest BCUT2D eigenvalue weighted by Gasteiger charge is 2.52. The van der Waals surface area contributed by atoms with Crippen LogP contribution >= 0.6 is 0 Å². The normalized spacial score (nSPS) is 22.4. The molecule has 2 fully saturated rings. The van der Waals surface area contributed by atoms with Crippen molar-refractivity contribution in [1.29, 1.82) is 0 Å². The molecule has 1 N–H and O–H groups in total. The lowest BCUT2D eigenvalue weighted by Gasteiger charge is -2.08. The summed E-state index contributed by atoms with van der Waals surface area (Å²) in [6, 6.07) is 0. The van der Waals surface area contributed by atoms with E-state index in [2.05, 4.69) is 9.97 Å². The molecule has 0 atom stereocenters. The summed E-state index contributed by atoms with van der Waals surface area (Å²) in [7, 11) is 0. The molecular formula is C11H12N2O2. The predicted octanol–water partition coefficient (Wildman–Crippen LogP) is 1.47. The summed E-state index contributed by atoms with van der Waals surface area (Å²) >= 11 is 0. The number of carboxylic acid groups (broad SMARTS) is 1. The summed E-state index contributed by atoms with van der Waals surface area (Å²) in [4.78, 5) is 19.6. The predicted molar refractivity (Wildman–Crippen MR) is 52.6 cm³/mol. The molecule has 3 rings (SSSR count). The van der Waals surface area contributed by atoms with Gasteiger partial charge < -0.3 is 5.11 Å². The van der Waals surface area contributed by atoms with E-state index in [1.807, 2.05) is 0 Å². The second kappa shape index (κ2) is 2.78. The van der Waals surface area contributed by atoms with Gasteiger partial charge in [0.05, 0.1) is 5.41 Å². The molecular weight excluding hydrogens is 192 g/mol. The third kappa shape index (κ3) is 1.32. The van der Waals surface area contributed by atoms with Gasteiger partial charge in [-0.25, -0.2) is 9.97 Å². The molecule has 4 heteroatoms. The van der Waals surface area contributed by atoms with Crippen molar-refractivity contribution in [2.45, 2.75) is 37.0 Å². The largest absolute Gasteiger partial charge is 0.481 e. The third-order valence-electron chi connectivity index (χ3n) is 3.33. The fourth-order valence-electron chi connectivity index (χ4n) is 1.89. The van der Waals surface area contributed by atoms with Gasteiger partial charge in [0.2, 0.25) is 0 Å². The van der Waals surface area contributed by atoms with Crippen LogP contribution in [0.5, 0.6) is 0 Å². The Morgan fingerprint density at radius 1 is 1.33 bits per heavy atom. The number of hydrogen-bond donors (Lipinski definition) is 1. The van der Waals surface area contributed by atoms with E-state index in [0.717, 1.165) is 11.4 Å². The summed E-state index contributed by atoms with van der Waals surface area (Å²) in [6.45, 7) is 0. The van der Waals surface area contributed by atoms with Gasteiger partial charge in [-0.3, -0.25) is 4.79 Å². The Bertz CT molecular complexity index is 405. The molecule has 0 unspecified atom stereocenters. The van der Waals surface area contributed by atoms with Crippen LogP contribution in [0.2, 0.25) is 0 Å². The maximum atomic E-state index is 11.1. The van der Waals surface area contributed by atoms with Gasteiger partial charge in [-0.2, -0.15) is 0 Å². The quantitative estimate of drug-likeness (QED) is 0.809. The second-order valence-electron chi connectivity index (χ2n) is 4.49. The van der Waals surface area contributed by atoms with Crippen LogP contribution in [0.15, 0.2) is 12.4 Å². The van der Waals surface area contributed by atoms with Gasteiger partial charge in [-0.15, -0.1) is 0 Å². The van der Waals surface area contributed by atoms with Crippen LogP contribution < -0.4 is 0 Å². The van der Waals surface area contributed by atoms with Crippen LogP contribution in [-0.2, 0) is 10.2 Å². The van der Waals surface area contributed by atoms with Crippen molar-refractivity contribution in [3.63, 3.8) is 0 Å². The minimum absolute atomic E-state index is 0.527. The molecule has 0 aromatic carbocycles. The first kappa shape index (κ1) is 8.83. The molecule has 4 nitrogen and oxygen atoms in total. The average molecular weight is 204 g/mol. The first-order chi connectivity index (χ1) is 7.22. The fourth-order valence-corrected chi connectivity index (χ4v) is 1.89. The van der Waals surface area contributed by atoms with Gasteiger partial charge in [-0.1, -0.05) is 0 Å². The highest BCUT2D eigenvalue weighted by atomic mass is 16.4. The lowest BCUT2D eigenvalue weighted by atomic mass is 10.00. The van der Waals surface area contributed by atoms with Crippen molar-refractivity contribution in [3.8, 4) is 0 Å². The SMILES string of the molecule is O=C(O)C1(c2cnc(C3CC3)nc2)CC1. The topological polar surface area (TPSA) is 63.1 Å². The summed E-state index contributed by atoms with van der Waals surface area (Å²) in [5.41, 5.74) is 0.0987. The molecule has 78 valence electrons. The van der Waals surface area contributed by atoms with Crippen LogP contribution in [0.3, 0.4) is 0 Å². The zero-order valence-electron chi connectivity index (χ0n) is 8.31. The zero-order valence-corrected chi connectivity index (χ0v) is 8.31. The fraction of sp³-hybridized carbons (Fsp3) is 0.545. The van der Waals surface area contributed by atoms with Crippen molar-refractivity contribution in [3.05, 3.63) is 23.8 Å². The summed E-state index contributed by atoms with van der Waals surface area (Å²) in [5, 5.41) is 9.09. The first-order valence-electron chi connectivity index (χ1n) is 5.28. The molecule has 0 saturated heterocycles. The standard InChI is InChI=1S/C11H12N2O2/c14-10(15)11(3-4-11)8-5-12-9(13-6-8)7-1-2-7/h5-7H,1-4H2,(H,14,15). The molecule has 1 aromatic heterocycles. The van der Waals surface area contributed by atoms with E-state index >= 15 is 0 Å². The van der Waals surface area contributed by atoms with Crippen molar-refractivity contribution in [2.75, 3.05) is 0 Å². The molecule has 1 heterocycles. The van der Waals surface area contributed by atoms with Crippen molar-refractivity contribution >= 4 is 5.97 Å². The minimum atomic E-state index is -0.745. The molecule has 0 amide bonds. The maximum Gasteiger partial charge on any atom is 0.314 e. The second-order valence-corrected chi connectivity index (χ2v) is 4.49. The van der Waals surface area contributed by atoms with Gasteiger partial charge in [0.1, 0.15) is 5.82 Å². The molecule has 0 radical (unpaired) electrons. The summed E-state index contributed by atoms with van der Waals surface area (Å²) < 4.78 is 0. The highest BCUT2D eigenvalue weighted by molar-refractivity contribution is 5.84. The summed E-state index contributed by atoms with van der Waals surface area (Å²) in [6.07, 6.45) is 7.17. The van der Waals surface area contributed by atoms with Crippen molar-refractivity contribution in [2.24, 2.45) is 0 Å². The van der Waals surface area contributed by atoms with Gasteiger partial charge in [-0.05, 0) is 25.7 Å². The van der Waals surface area contributed by atoms with Crippen LogP contribution in [-0.4, -0.2) is 21.0 Å². The van der Waals surface area contributed by atoms with Crippen molar-refractivity contribution < 1.29 is 9.90 Å². The number of aromatic nitrogens is 2. The van der Waals surface area contributed by atoms with Crippen molar-refractivity contribution in [1.82, 2.24) is 9.97 Å². The Kier molecular flexibility index (Phi) is 1.63. The summed E-state index contributed by atoms with van der Waals surface area (Å²) in [5.74, 6) is 0.657. The van der Waals surface area contributed by atoms with E-state index < -0.39 is 11.4 Å². The number of aliphatic carboxylic acids is 1. The maximum absolute atomic E-state index is 11.1. The zero-order chi connectivity index (χ0) is 10.5. The monoisotopic (exact) mass is 204 g/mol. The van der Waals surface area contributed by atoms with Gasteiger partial charge in [0, 0.05) is 23.9 Å². The third-order valence-corrected chi connectivity index (χ3v) is 3.33. The molecule has 2 aliphatic rings. The van der Waals surface area contributed by atoms with Crippen LogP contribution in [0.1, 0.15) is 43.0 Å². The minimum Gasteiger partial charge on any atom is -0.481 e. The lowest BCUT2D eigenvalue weighted by Crippen LogP contribution is -2.20. The Labute approximate surface area is 87.4 Å². The number of carbonyl (C=O) groups is 1. The molecule has 2 saturated carbocycles. The van der Waals surface area contributed by atoms with Gasteiger partial charge >= 0.3 is 5.97 Å². The number of carboxylic acids is 1. The molecule has 0 bridgehead atoms. The molecule has 15 heavy (non-hydrogen) atoms. The van der Waals surface area contributed by atoms with Gasteiger partial charge in [0.15, 0.2) is 0 Å². The van der Waals surface area contributed by atoms with Crippen LogP contribution in [0.4, 0.5) is 0 Å². The number of hydrogen-bond acceptors (Lipinski definition) is 3. The Hall–Kier alpha value is -1.45. The van der Waals surface area contributed by atoms with E-state index in [1.54, 1.807) is 12.4 Å². The molecule has 2 aliphatic carbocycles. The van der Waals surface area contributed by atoms with E-state index in [9.17, 15) is 4.79 Å². The highest BCUT2D eigenvalue weighted by Crippen LogP contribution is 2.48. The van der Waals surface area contributed by atoms with E-state index in [-0.39, 0.29) is 0 Å². The Morgan fingerprint density at radius 2 is 1.93 bits per heavy atom. The average Bonchev–Trinajstić information content (AvgIpc) is 3.11. The van der Waals surface area contributed by atoms with E-state index in [1.165, 1.54) is 12.8 Å². The van der Waals surface area contributed by atoms with Crippen LogP contribution in [0.25, 0.3) is 0 Å². The van der Waals surface area contributed by atoms with Crippen LogP contribution in [0, 0.1) is 0 Å². The molecule has 1 aromatic rings. The lowest BCUT2D eigenvalue weighted by molar-refractivity contribution is -0.140. The van der Waals surface area contributed by atoms with E-state index in [0.29, 0.717) is 18.8 Å². The number of nitrogens with zero attached hydrogens (tertiary/aromatic N) is 2. The Morgan fingerprint density at radius 3 is 2.33 bits per heavy atom. The number of rotatable bonds is 3. The molecule has 0 spiro atoms. The van der Waals surface area contributed by atoms with Gasteiger partial charge in [0.25, 0.3) is 0 Å². The first-order valence-corrected chi connectivity index (χ1v) is 5.28.